The average Bonchev–Trinajstić information content (AvgIpc) is 2.34. The summed E-state index contributed by atoms with van der Waals surface area (Å²) < 4.78 is 1.23. The van der Waals surface area contributed by atoms with E-state index in [2.05, 4.69) is 59.1 Å². The van der Waals surface area contributed by atoms with E-state index in [4.69, 9.17) is 23.2 Å². The Morgan fingerprint density at radius 2 is 1.72 bits per heavy atom. The number of halogens is 3. The van der Waals surface area contributed by atoms with E-state index in [9.17, 15) is 0 Å². The number of benzene rings is 2. The second-order valence-corrected chi connectivity index (χ2v) is 6.13. The third-order valence-electron chi connectivity index (χ3n) is 2.67. The summed E-state index contributed by atoms with van der Waals surface area (Å²) in [5, 5.41) is 4.72. The number of hydrogen-bond donors (Lipinski definition) is 1. The highest BCUT2D eigenvalue weighted by Gasteiger charge is 2.08. The fraction of sp³-hybridized carbons (Fsp3) is 0.143. The number of hydrogen-bond acceptors (Lipinski definition) is 1. The van der Waals surface area contributed by atoms with Gasteiger partial charge in [0.2, 0.25) is 0 Å². The second-order valence-electron chi connectivity index (χ2n) is 4.04. The maximum atomic E-state index is 6.13. The van der Waals surface area contributed by atoms with E-state index in [0.717, 1.165) is 5.69 Å². The average molecular weight is 392 g/mol. The molecule has 0 heterocycles. The molecule has 18 heavy (non-hydrogen) atoms. The number of nitrogens with one attached hydrogen (secondary N) is 1. The van der Waals surface area contributed by atoms with Crippen LogP contribution in [0.15, 0.2) is 42.5 Å². The lowest BCUT2D eigenvalue weighted by atomic mass is 10.1. The first-order chi connectivity index (χ1) is 8.56. The Morgan fingerprint density at radius 1 is 1.06 bits per heavy atom. The van der Waals surface area contributed by atoms with Crippen molar-refractivity contribution in [3.63, 3.8) is 0 Å². The highest BCUT2D eigenvalue weighted by molar-refractivity contribution is 14.1. The minimum atomic E-state index is 0.179. The van der Waals surface area contributed by atoms with Gasteiger partial charge in [-0.15, -0.1) is 0 Å². The molecule has 0 bridgehead atoms. The van der Waals surface area contributed by atoms with Crippen LogP contribution in [0.2, 0.25) is 10.0 Å². The van der Waals surface area contributed by atoms with E-state index in [0.29, 0.717) is 10.0 Å². The third-order valence-corrected chi connectivity index (χ3v) is 3.95. The van der Waals surface area contributed by atoms with Gasteiger partial charge in [0.15, 0.2) is 0 Å². The zero-order valence-electron chi connectivity index (χ0n) is 9.75. The SMILES string of the molecule is CC(Nc1cc(Cl)ccc1Cl)c1ccc(I)cc1. The molecule has 1 nitrogen and oxygen atoms in total. The van der Waals surface area contributed by atoms with Crippen LogP contribution in [0.25, 0.3) is 0 Å². The van der Waals surface area contributed by atoms with Gasteiger partial charge in [0, 0.05) is 14.6 Å². The fourth-order valence-corrected chi connectivity index (χ4v) is 2.38. The highest BCUT2D eigenvalue weighted by atomic mass is 127. The maximum absolute atomic E-state index is 6.13. The summed E-state index contributed by atoms with van der Waals surface area (Å²) in [5.41, 5.74) is 2.07. The zero-order valence-corrected chi connectivity index (χ0v) is 13.4. The predicted octanol–water partition coefficient (Wildman–Crippen LogP) is 5.77. The Morgan fingerprint density at radius 3 is 2.39 bits per heavy atom. The van der Waals surface area contributed by atoms with Crippen LogP contribution in [-0.2, 0) is 0 Å². The highest BCUT2D eigenvalue weighted by Crippen LogP contribution is 2.29. The lowest BCUT2D eigenvalue weighted by Gasteiger charge is -2.17. The summed E-state index contributed by atoms with van der Waals surface area (Å²) in [6, 6.07) is 14.0. The van der Waals surface area contributed by atoms with E-state index < -0.39 is 0 Å². The van der Waals surface area contributed by atoms with E-state index in [1.165, 1.54) is 9.13 Å². The van der Waals surface area contributed by atoms with Crippen LogP contribution in [0.1, 0.15) is 18.5 Å². The Balaban J connectivity index is 2.18. The van der Waals surface area contributed by atoms with Crippen molar-refractivity contribution >= 4 is 51.5 Å². The van der Waals surface area contributed by atoms with Crippen LogP contribution >= 0.6 is 45.8 Å². The standard InChI is InChI=1S/C14H12Cl2IN/c1-9(10-2-5-12(17)6-3-10)18-14-8-11(15)4-7-13(14)16/h2-9,18H,1H3. The topological polar surface area (TPSA) is 12.0 Å². The van der Waals surface area contributed by atoms with Crippen molar-refractivity contribution in [2.24, 2.45) is 0 Å². The molecule has 2 rings (SSSR count). The van der Waals surface area contributed by atoms with E-state index in [1.807, 2.05) is 6.07 Å². The molecule has 0 saturated carbocycles. The monoisotopic (exact) mass is 391 g/mol. The molecule has 1 N–H and O–H groups in total. The van der Waals surface area contributed by atoms with Crippen LogP contribution in [0, 0.1) is 3.57 Å². The molecule has 4 heteroatoms. The van der Waals surface area contributed by atoms with Gasteiger partial charge in [-0.3, -0.25) is 0 Å². The second kappa shape index (κ2) is 6.13. The minimum Gasteiger partial charge on any atom is -0.377 e. The van der Waals surface area contributed by atoms with Gasteiger partial charge in [-0.1, -0.05) is 35.3 Å². The first-order valence-electron chi connectivity index (χ1n) is 5.53. The van der Waals surface area contributed by atoms with Crippen molar-refractivity contribution in [2.75, 3.05) is 5.32 Å². The summed E-state index contributed by atoms with van der Waals surface area (Å²) in [5.74, 6) is 0. The molecule has 2 aromatic carbocycles. The molecule has 0 aliphatic heterocycles. The largest absolute Gasteiger partial charge is 0.377 e. The van der Waals surface area contributed by atoms with Crippen molar-refractivity contribution in [1.82, 2.24) is 0 Å². The molecule has 1 atom stereocenters. The quantitative estimate of drug-likeness (QED) is 0.654. The minimum absolute atomic E-state index is 0.179. The van der Waals surface area contributed by atoms with Crippen molar-refractivity contribution in [3.05, 3.63) is 61.6 Å². The number of rotatable bonds is 3. The molecule has 2 aromatic rings. The van der Waals surface area contributed by atoms with Crippen molar-refractivity contribution in [1.29, 1.82) is 0 Å². The normalized spacial score (nSPS) is 12.2. The van der Waals surface area contributed by atoms with E-state index in [-0.39, 0.29) is 6.04 Å². The Hall–Kier alpha value is -0.450. The van der Waals surface area contributed by atoms with E-state index >= 15 is 0 Å². The third kappa shape index (κ3) is 3.53. The molecule has 0 fully saturated rings. The molecule has 0 aliphatic carbocycles. The molecule has 94 valence electrons. The molecule has 0 radical (unpaired) electrons. The summed E-state index contributed by atoms with van der Waals surface area (Å²) in [7, 11) is 0. The van der Waals surface area contributed by atoms with Crippen LogP contribution in [0.5, 0.6) is 0 Å². The molecule has 0 spiro atoms. The van der Waals surface area contributed by atoms with Crippen LogP contribution in [0.3, 0.4) is 0 Å². The van der Waals surface area contributed by atoms with E-state index in [1.54, 1.807) is 12.1 Å². The molecular formula is C14H12Cl2IN. The van der Waals surface area contributed by atoms with Crippen molar-refractivity contribution < 1.29 is 0 Å². The Kier molecular flexibility index (Phi) is 4.76. The van der Waals surface area contributed by atoms with Crippen molar-refractivity contribution in [2.45, 2.75) is 13.0 Å². The smallest absolute Gasteiger partial charge is 0.0638 e. The van der Waals surface area contributed by atoms with Crippen LogP contribution in [-0.4, -0.2) is 0 Å². The molecule has 0 aliphatic rings. The van der Waals surface area contributed by atoms with Crippen molar-refractivity contribution in [3.8, 4) is 0 Å². The molecule has 0 aromatic heterocycles. The molecule has 1 unspecified atom stereocenters. The Bertz CT molecular complexity index is 540. The van der Waals surface area contributed by atoms with Crippen LogP contribution < -0.4 is 5.32 Å². The Labute approximate surface area is 131 Å². The molecule has 0 amide bonds. The van der Waals surface area contributed by atoms with Gasteiger partial charge in [0.1, 0.15) is 0 Å². The lowest BCUT2D eigenvalue weighted by Crippen LogP contribution is -2.06. The molecule has 0 saturated heterocycles. The van der Waals surface area contributed by atoms with Gasteiger partial charge < -0.3 is 5.32 Å². The summed E-state index contributed by atoms with van der Waals surface area (Å²) in [6.07, 6.45) is 0. The van der Waals surface area contributed by atoms with Gasteiger partial charge in [-0.25, -0.2) is 0 Å². The first kappa shape index (κ1) is 14.0. The molecular weight excluding hydrogens is 380 g/mol. The van der Waals surface area contributed by atoms with Gasteiger partial charge >= 0.3 is 0 Å². The first-order valence-corrected chi connectivity index (χ1v) is 7.37. The summed E-state index contributed by atoms with van der Waals surface area (Å²) in [6.45, 7) is 2.10. The maximum Gasteiger partial charge on any atom is 0.0638 e. The van der Waals surface area contributed by atoms with Gasteiger partial charge in [0.05, 0.1) is 10.7 Å². The zero-order chi connectivity index (χ0) is 13.1. The van der Waals surface area contributed by atoms with Crippen LogP contribution in [0.4, 0.5) is 5.69 Å². The lowest BCUT2D eigenvalue weighted by molar-refractivity contribution is 0.884. The fourth-order valence-electron chi connectivity index (χ4n) is 1.68. The number of anilines is 1. The summed E-state index contributed by atoms with van der Waals surface area (Å²) in [4.78, 5) is 0. The van der Waals surface area contributed by atoms with Gasteiger partial charge in [-0.2, -0.15) is 0 Å². The van der Waals surface area contributed by atoms with Gasteiger partial charge in [0.25, 0.3) is 0 Å². The van der Waals surface area contributed by atoms with Gasteiger partial charge in [-0.05, 0) is 65.4 Å². The summed E-state index contributed by atoms with van der Waals surface area (Å²) >= 11 is 14.4. The predicted molar refractivity (Wildman–Crippen MR) is 87.7 cm³/mol.